The molecule has 0 bridgehead atoms. The summed E-state index contributed by atoms with van der Waals surface area (Å²) in [7, 11) is 0. The lowest BCUT2D eigenvalue weighted by Crippen LogP contribution is -2.00. The molecule has 2 aromatic heterocycles. The normalized spacial score (nSPS) is 11.1. The number of nitrogens with zero attached hydrogens (tertiary/aromatic N) is 5. The standard InChI is InChI=1S/C15H18N6O2/c1-10(2)15-19-18-14(23-15)7-16-11-3-5-13(6-4-11)21-8-12(9-22)17-20-21/h3-6,8,10,16,22H,7,9H2,1-2H3. The molecule has 0 saturated carbocycles. The van der Waals surface area contributed by atoms with E-state index in [4.69, 9.17) is 9.52 Å². The average Bonchev–Trinajstić information content (AvgIpc) is 3.23. The molecular weight excluding hydrogens is 296 g/mol. The first kappa shape index (κ1) is 15.2. The van der Waals surface area contributed by atoms with Crippen LogP contribution >= 0.6 is 0 Å². The van der Waals surface area contributed by atoms with Gasteiger partial charge in [-0.05, 0) is 24.3 Å². The first-order chi connectivity index (χ1) is 11.2. The molecular formula is C15H18N6O2. The highest BCUT2D eigenvalue weighted by molar-refractivity contribution is 5.48. The van der Waals surface area contributed by atoms with Crippen molar-refractivity contribution in [3.63, 3.8) is 0 Å². The fraction of sp³-hybridized carbons (Fsp3) is 0.333. The van der Waals surface area contributed by atoms with Gasteiger partial charge < -0.3 is 14.8 Å². The van der Waals surface area contributed by atoms with Gasteiger partial charge in [0.05, 0.1) is 25.0 Å². The van der Waals surface area contributed by atoms with Gasteiger partial charge in [0.25, 0.3) is 0 Å². The number of rotatable bonds is 6. The van der Waals surface area contributed by atoms with Gasteiger partial charge in [0.1, 0.15) is 5.69 Å². The molecule has 0 radical (unpaired) electrons. The minimum absolute atomic E-state index is 0.123. The third-order valence-corrected chi connectivity index (χ3v) is 3.25. The third-order valence-electron chi connectivity index (χ3n) is 3.25. The first-order valence-corrected chi connectivity index (χ1v) is 7.34. The maximum Gasteiger partial charge on any atom is 0.235 e. The summed E-state index contributed by atoms with van der Waals surface area (Å²) in [5, 5.41) is 28.0. The molecule has 8 heteroatoms. The third kappa shape index (κ3) is 3.54. The molecule has 8 nitrogen and oxygen atoms in total. The van der Waals surface area contributed by atoms with Crippen LogP contribution in [0.1, 0.15) is 37.2 Å². The Bertz CT molecular complexity index is 762. The number of aromatic nitrogens is 5. The predicted octanol–water partition coefficient (Wildman–Crippen LogP) is 1.88. The topological polar surface area (TPSA) is 102 Å². The summed E-state index contributed by atoms with van der Waals surface area (Å²) in [4.78, 5) is 0. The van der Waals surface area contributed by atoms with Crippen LogP contribution in [-0.4, -0.2) is 30.3 Å². The molecule has 0 aliphatic heterocycles. The van der Waals surface area contributed by atoms with Crippen LogP contribution in [0.2, 0.25) is 0 Å². The van der Waals surface area contributed by atoms with E-state index < -0.39 is 0 Å². The van der Waals surface area contributed by atoms with E-state index in [1.165, 1.54) is 0 Å². The summed E-state index contributed by atoms with van der Waals surface area (Å²) in [5.41, 5.74) is 2.33. The zero-order chi connectivity index (χ0) is 16.2. The molecule has 0 fully saturated rings. The van der Waals surface area contributed by atoms with Crippen LogP contribution in [0.25, 0.3) is 5.69 Å². The quantitative estimate of drug-likeness (QED) is 0.716. The average molecular weight is 314 g/mol. The zero-order valence-corrected chi connectivity index (χ0v) is 13.0. The van der Waals surface area contributed by atoms with Crippen molar-refractivity contribution in [3.8, 4) is 5.69 Å². The predicted molar refractivity (Wildman–Crippen MR) is 83.0 cm³/mol. The summed E-state index contributed by atoms with van der Waals surface area (Å²) >= 11 is 0. The van der Waals surface area contributed by atoms with E-state index in [1.54, 1.807) is 10.9 Å². The second kappa shape index (κ2) is 6.57. The van der Waals surface area contributed by atoms with E-state index >= 15 is 0 Å². The van der Waals surface area contributed by atoms with Crippen molar-refractivity contribution in [3.05, 3.63) is 47.9 Å². The fourth-order valence-corrected chi connectivity index (χ4v) is 1.98. The number of benzene rings is 1. The summed E-state index contributed by atoms with van der Waals surface area (Å²) in [6.07, 6.45) is 1.69. The van der Waals surface area contributed by atoms with Crippen molar-refractivity contribution in [1.82, 2.24) is 25.2 Å². The molecule has 3 aromatic rings. The van der Waals surface area contributed by atoms with E-state index in [-0.39, 0.29) is 12.5 Å². The highest BCUT2D eigenvalue weighted by Crippen LogP contribution is 2.15. The van der Waals surface area contributed by atoms with E-state index in [0.29, 0.717) is 24.0 Å². The SMILES string of the molecule is CC(C)c1nnc(CNc2ccc(-n3cc(CO)nn3)cc2)o1. The van der Waals surface area contributed by atoms with Crippen molar-refractivity contribution in [2.24, 2.45) is 0 Å². The molecule has 0 saturated heterocycles. The molecule has 1 aromatic carbocycles. The monoisotopic (exact) mass is 314 g/mol. The van der Waals surface area contributed by atoms with Crippen molar-refractivity contribution in [2.45, 2.75) is 32.9 Å². The molecule has 2 heterocycles. The van der Waals surface area contributed by atoms with Crippen molar-refractivity contribution in [2.75, 3.05) is 5.32 Å². The minimum atomic E-state index is -0.123. The molecule has 2 N–H and O–H groups in total. The number of hydrogen-bond donors (Lipinski definition) is 2. The lowest BCUT2D eigenvalue weighted by Gasteiger charge is -2.05. The summed E-state index contributed by atoms with van der Waals surface area (Å²) < 4.78 is 7.16. The Labute approximate surface area is 133 Å². The molecule has 0 aliphatic carbocycles. The largest absolute Gasteiger partial charge is 0.423 e. The Hall–Kier alpha value is -2.74. The second-order valence-electron chi connectivity index (χ2n) is 5.40. The number of aliphatic hydroxyl groups is 1. The van der Waals surface area contributed by atoms with Gasteiger partial charge >= 0.3 is 0 Å². The Morgan fingerprint density at radius 2 is 1.96 bits per heavy atom. The maximum absolute atomic E-state index is 9.01. The van der Waals surface area contributed by atoms with Crippen LogP contribution < -0.4 is 5.32 Å². The number of anilines is 1. The van der Waals surface area contributed by atoms with Crippen LogP contribution in [-0.2, 0) is 13.2 Å². The van der Waals surface area contributed by atoms with Gasteiger partial charge in [-0.2, -0.15) is 0 Å². The van der Waals surface area contributed by atoms with Gasteiger partial charge in [-0.25, -0.2) is 4.68 Å². The smallest absolute Gasteiger partial charge is 0.235 e. The van der Waals surface area contributed by atoms with Crippen LogP contribution in [0.5, 0.6) is 0 Å². The van der Waals surface area contributed by atoms with E-state index in [1.807, 2.05) is 38.1 Å². The summed E-state index contributed by atoms with van der Waals surface area (Å²) in [5.74, 6) is 1.42. The summed E-state index contributed by atoms with van der Waals surface area (Å²) in [6.45, 7) is 4.37. The number of aliphatic hydroxyl groups excluding tert-OH is 1. The lowest BCUT2D eigenvalue weighted by atomic mass is 10.2. The van der Waals surface area contributed by atoms with Crippen LogP contribution in [0, 0.1) is 0 Å². The summed E-state index contributed by atoms with van der Waals surface area (Å²) in [6, 6.07) is 7.67. The number of nitrogens with one attached hydrogen (secondary N) is 1. The molecule has 120 valence electrons. The van der Waals surface area contributed by atoms with Crippen LogP contribution in [0.15, 0.2) is 34.9 Å². The van der Waals surface area contributed by atoms with Gasteiger partial charge in [0.15, 0.2) is 0 Å². The lowest BCUT2D eigenvalue weighted by molar-refractivity contribution is 0.276. The van der Waals surface area contributed by atoms with Crippen LogP contribution in [0.3, 0.4) is 0 Å². The Balaban J connectivity index is 1.62. The van der Waals surface area contributed by atoms with E-state index in [0.717, 1.165) is 11.4 Å². The first-order valence-electron chi connectivity index (χ1n) is 7.34. The Morgan fingerprint density at radius 1 is 1.17 bits per heavy atom. The number of hydrogen-bond acceptors (Lipinski definition) is 7. The molecule has 3 rings (SSSR count). The fourth-order valence-electron chi connectivity index (χ4n) is 1.98. The van der Waals surface area contributed by atoms with Gasteiger partial charge in [-0.3, -0.25) is 0 Å². The highest BCUT2D eigenvalue weighted by Gasteiger charge is 2.09. The molecule has 23 heavy (non-hydrogen) atoms. The molecule has 0 amide bonds. The molecule has 0 atom stereocenters. The van der Waals surface area contributed by atoms with Crippen LogP contribution in [0.4, 0.5) is 5.69 Å². The van der Waals surface area contributed by atoms with E-state index in [2.05, 4.69) is 25.8 Å². The second-order valence-corrected chi connectivity index (χ2v) is 5.40. The van der Waals surface area contributed by atoms with Gasteiger partial charge in [0, 0.05) is 11.6 Å². The Kier molecular flexibility index (Phi) is 4.33. The van der Waals surface area contributed by atoms with Gasteiger partial charge in [0.2, 0.25) is 11.8 Å². The molecule has 0 aliphatic rings. The van der Waals surface area contributed by atoms with Crippen molar-refractivity contribution in [1.29, 1.82) is 0 Å². The van der Waals surface area contributed by atoms with Gasteiger partial charge in [-0.1, -0.05) is 19.1 Å². The highest BCUT2D eigenvalue weighted by atomic mass is 16.4. The van der Waals surface area contributed by atoms with E-state index in [9.17, 15) is 0 Å². The van der Waals surface area contributed by atoms with Crippen molar-refractivity contribution >= 4 is 5.69 Å². The molecule has 0 unspecified atom stereocenters. The molecule has 0 spiro atoms. The van der Waals surface area contributed by atoms with Crippen molar-refractivity contribution < 1.29 is 9.52 Å². The zero-order valence-electron chi connectivity index (χ0n) is 13.0. The van der Waals surface area contributed by atoms with Gasteiger partial charge in [-0.15, -0.1) is 15.3 Å². The minimum Gasteiger partial charge on any atom is -0.423 e. The maximum atomic E-state index is 9.01. The Morgan fingerprint density at radius 3 is 2.57 bits per heavy atom.